The molecule has 2 aromatic heterocycles. The Kier molecular flexibility index (Phi) is 2.49. The molecule has 0 saturated carbocycles. The standard InChI is InChI=1S/C13H8N4O/c18-13-16-11(9-5-1-3-7-14-9)12(17-13)10-6-2-4-8-15-10/h1-8H. The molecule has 3 rings (SSSR count). The number of rotatable bonds is 2. The molecule has 0 aromatic carbocycles. The number of hydrogen-bond donors (Lipinski definition) is 0. The molecule has 5 heteroatoms. The van der Waals surface area contributed by atoms with Crippen LogP contribution >= 0.6 is 0 Å². The van der Waals surface area contributed by atoms with Crippen molar-refractivity contribution in [2.24, 2.45) is 9.98 Å². The van der Waals surface area contributed by atoms with E-state index in [0.29, 0.717) is 22.8 Å². The zero-order chi connectivity index (χ0) is 12.4. The number of carbonyl (C=O) groups excluding carboxylic acids is 1. The summed E-state index contributed by atoms with van der Waals surface area (Å²) >= 11 is 0. The van der Waals surface area contributed by atoms with Gasteiger partial charge in [0.25, 0.3) is 0 Å². The number of aromatic nitrogens is 2. The van der Waals surface area contributed by atoms with Crippen molar-refractivity contribution in [1.82, 2.24) is 9.97 Å². The van der Waals surface area contributed by atoms with Gasteiger partial charge < -0.3 is 0 Å². The van der Waals surface area contributed by atoms with E-state index in [9.17, 15) is 4.79 Å². The molecule has 0 unspecified atom stereocenters. The molecule has 0 saturated heterocycles. The second-order valence-corrected chi connectivity index (χ2v) is 3.63. The summed E-state index contributed by atoms with van der Waals surface area (Å²) in [6.07, 6.45) is 3.30. The van der Waals surface area contributed by atoms with E-state index in [1.165, 1.54) is 0 Å². The summed E-state index contributed by atoms with van der Waals surface area (Å²) < 4.78 is 0. The van der Waals surface area contributed by atoms with Crippen LogP contribution in [0, 0.1) is 0 Å². The smallest absolute Gasteiger partial charge is 0.255 e. The van der Waals surface area contributed by atoms with E-state index in [1.807, 2.05) is 12.1 Å². The monoisotopic (exact) mass is 236 g/mol. The normalized spacial score (nSPS) is 14.3. The van der Waals surface area contributed by atoms with Crippen LogP contribution in [-0.4, -0.2) is 27.4 Å². The van der Waals surface area contributed by atoms with Crippen LogP contribution in [0.3, 0.4) is 0 Å². The summed E-state index contributed by atoms with van der Waals surface area (Å²) in [6.45, 7) is 0. The maximum absolute atomic E-state index is 11.4. The summed E-state index contributed by atoms with van der Waals surface area (Å²) in [6, 6.07) is 10.3. The molecule has 0 radical (unpaired) electrons. The first kappa shape index (κ1) is 10.5. The van der Waals surface area contributed by atoms with E-state index in [4.69, 9.17) is 0 Å². The lowest BCUT2D eigenvalue weighted by atomic mass is 10.1. The summed E-state index contributed by atoms with van der Waals surface area (Å²) in [5.74, 6) is 0. The van der Waals surface area contributed by atoms with Crippen LogP contribution in [0.2, 0.25) is 0 Å². The Balaban J connectivity index is 2.09. The summed E-state index contributed by atoms with van der Waals surface area (Å²) in [4.78, 5) is 27.5. The van der Waals surface area contributed by atoms with E-state index < -0.39 is 6.03 Å². The van der Waals surface area contributed by atoms with Gasteiger partial charge in [-0.2, -0.15) is 9.98 Å². The second-order valence-electron chi connectivity index (χ2n) is 3.63. The van der Waals surface area contributed by atoms with E-state index in [-0.39, 0.29) is 0 Å². The van der Waals surface area contributed by atoms with Gasteiger partial charge in [0, 0.05) is 12.4 Å². The zero-order valence-corrected chi connectivity index (χ0v) is 9.32. The van der Waals surface area contributed by atoms with E-state index >= 15 is 0 Å². The third-order valence-corrected chi connectivity index (χ3v) is 2.45. The number of nitrogens with zero attached hydrogens (tertiary/aromatic N) is 4. The van der Waals surface area contributed by atoms with Crippen molar-refractivity contribution >= 4 is 17.5 Å². The molecule has 1 aliphatic rings. The van der Waals surface area contributed by atoms with Crippen LogP contribution in [0.1, 0.15) is 11.4 Å². The van der Waals surface area contributed by atoms with Crippen LogP contribution < -0.4 is 0 Å². The molecule has 18 heavy (non-hydrogen) atoms. The molecule has 0 fully saturated rings. The molecule has 0 bridgehead atoms. The van der Waals surface area contributed by atoms with E-state index in [2.05, 4.69) is 20.0 Å². The van der Waals surface area contributed by atoms with Crippen molar-refractivity contribution in [1.29, 1.82) is 0 Å². The van der Waals surface area contributed by atoms with Crippen LogP contribution in [0.15, 0.2) is 58.8 Å². The van der Waals surface area contributed by atoms with E-state index in [1.54, 1.807) is 36.7 Å². The number of aliphatic imine (C=N–C) groups is 2. The van der Waals surface area contributed by atoms with Gasteiger partial charge in [-0.1, -0.05) is 12.1 Å². The first-order valence-corrected chi connectivity index (χ1v) is 5.39. The van der Waals surface area contributed by atoms with Gasteiger partial charge in [0.2, 0.25) is 0 Å². The van der Waals surface area contributed by atoms with Gasteiger partial charge in [-0.3, -0.25) is 9.97 Å². The van der Waals surface area contributed by atoms with Crippen LogP contribution in [0.5, 0.6) is 0 Å². The average molecular weight is 236 g/mol. The molecular formula is C13H8N4O. The quantitative estimate of drug-likeness (QED) is 0.799. The van der Waals surface area contributed by atoms with Crippen molar-refractivity contribution in [3.8, 4) is 0 Å². The number of hydrogen-bond acceptors (Lipinski definition) is 3. The Morgan fingerprint density at radius 2 is 1.22 bits per heavy atom. The summed E-state index contributed by atoms with van der Waals surface area (Å²) in [5, 5.41) is 0. The predicted octanol–water partition coefficient (Wildman–Crippen LogP) is 1.89. The predicted molar refractivity (Wildman–Crippen MR) is 66.9 cm³/mol. The third-order valence-electron chi connectivity index (χ3n) is 2.45. The Bertz CT molecular complexity index is 590. The highest BCUT2D eigenvalue weighted by Crippen LogP contribution is 2.12. The maximum Gasteiger partial charge on any atom is 0.368 e. The van der Waals surface area contributed by atoms with Crippen molar-refractivity contribution in [2.75, 3.05) is 0 Å². The molecule has 0 atom stereocenters. The highest BCUT2D eigenvalue weighted by atomic mass is 16.2. The number of carbonyl (C=O) groups is 1. The Hall–Kier alpha value is -2.69. The Morgan fingerprint density at radius 3 is 1.61 bits per heavy atom. The van der Waals surface area contributed by atoms with Gasteiger partial charge >= 0.3 is 6.03 Å². The SMILES string of the molecule is O=C1N=C(c2ccccn2)C(c2ccccn2)=N1. The molecular weight excluding hydrogens is 228 g/mol. The van der Waals surface area contributed by atoms with Gasteiger partial charge in [0.05, 0.1) is 11.4 Å². The lowest BCUT2D eigenvalue weighted by molar-refractivity contribution is 0.257. The van der Waals surface area contributed by atoms with Gasteiger partial charge in [-0.15, -0.1) is 0 Å². The minimum atomic E-state index is -0.517. The van der Waals surface area contributed by atoms with Crippen LogP contribution in [-0.2, 0) is 0 Å². The largest absolute Gasteiger partial charge is 0.368 e. The fourth-order valence-electron chi connectivity index (χ4n) is 1.69. The van der Waals surface area contributed by atoms with Gasteiger partial charge in [-0.05, 0) is 24.3 Å². The minimum absolute atomic E-state index is 0.472. The van der Waals surface area contributed by atoms with Gasteiger partial charge in [0.1, 0.15) is 11.4 Å². The fourth-order valence-corrected chi connectivity index (χ4v) is 1.69. The Labute approximate surface area is 103 Å². The molecule has 0 N–H and O–H groups in total. The molecule has 2 aromatic rings. The van der Waals surface area contributed by atoms with Crippen LogP contribution in [0.4, 0.5) is 4.79 Å². The van der Waals surface area contributed by atoms with Gasteiger partial charge in [-0.25, -0.2) is 4.79 Å². The molecule has 0 aliphatic carbocycles. The topological polar surface area (TPSA) is 67.6 Å². The van der Waals surface area contributed by atoms with Crippen LogP contribution in [0.25, 0.3) is 0 Å². The number of amides is 2. The van der Waals surface area contributed by atoms with E-state index in [0.717, 1.165) is 0 Å². The first-order valence-electron chi connectivity index (χ1n) is 5.39. The fraction of sp³-hybridized carbons (Fsp3) is 0. The number of urea groups is 1. The zero-order valence-electron chi connectivity index (χ0n) is 9.32. The molecule has 86 valence electrons. The average Bonchev–Trinajstić information content (AvgIpc) is 2.83. The molecule has 5 nitrogen and oxygen atoms in total. The number of pyridine rings is 2. The molecule has 3 heterocycles. The second kappa shape index (κ2) is 4.29. The lowest BCUT2D eigenvalue weighted by Gasteiger charge is -2.02. The van der Waals surface area contributed by atoms with Crippen molar-refractivity contribution in [3.63, 3.8) is 0 Å². The highest BCUT2D eigenvalue weighted by Gasteiger charge is 2.23. The Morgan fingerprint density at radius 1 is 0.722 bits per heavy atom. The first-order chi connectivity index (χ1) is 8.84. The van der Waals surface area contributed by atoms with Crippen molar-refractivity contribution in [2.45, 2.75) is 0 Å². The minimum Gasteiger partial charge on any atom is -0.255 e. The highest BCUT2D eigenvalue weighted by molar-refractivity contribution is 6.57. The van der Waals surface area contributed by atoms with Gasteiger partial charge in [0.15, 0.2) is 0 Å². The summed E-state index contributed by atoms with van der Waals surface area (Å²) in [5.41, 5.74) is 2.18. The molecule has 2 amide bonds. The summed E-state index contributed by atoms with van der Waals surface area (Å²) in [7, 11) is 0. The third kappa shape index (κ3) is 1.82. The molecule has 0 spiro atoms. The van der Waals surface area contributed by atoms with Crippen molar-refractivity contribution < 1.29 is 4.79 Å². The maximum atomic E-state index is 11.4. The lowest BCUT2D eigenvalue weighted by Crippen LogP contribution is -2.16. The molecule has 1 aliphatic heterocycles. The van der Waals surface area contributed by atoms with Crippen molar-refractivity contribution in [3.05, 3.63) is 60.2 Å².